The Balaban J connectivity index is 2.42. The van der Waals surface area contributed by atoms with E-state index in [4.69, 9.17) is 11.6 Å². The van der Waals surface area contributed by atoms with E-state index < -0.39 is 34.2 Å². The molecule has 27 heavy (non-hydrogen) atoms. The van der Waals surface area contributed by atoms with Crippen molar-refractivity contribution < 1.29 is 32.4 Å². The molecule has 11 heteroatoms. The molecule has 0 spiro atoms. The Morgan fingerprint density at radius 2 is 1.78 bits per heavy atom. The van der Waals surface area contributed by atoms with Crippen LogP contribution in [-0.4, -0.2) is 23.9 Å². The van der Waals surface area contributed by atoms with Crippen molar-refractivity contribution in [1.82, 2.24) is 0 Å². The molecule has 0 bridgehead atoms. The van der Waals surface area contributed by atoms with Crippen LogP contribution in [-0.2, 0) is 10.9 Å². The predicted octanol–water partition coefficient (Wildman–Crippen LogP) is 4.31. The Labute approximate surface area is 154 Å². The lowest BCUT2D eigenvalue weighted by atomic mass is 10.1. The van der Waals surface area contributed by atoms with Gasteiger partial charge in [0, 0.05) is 17.7 Å². The standard InChI is InChI=1S/C16H10ClF3N2O5/c1-27-15(24)9-4-8(5-11(6-9)22(25)26)14(23)21-13-7-10(16(18,19)20)2-3-12(13)17/h2-7H,1H3,(H,21,23). The van der Waals surface area contributed by atoms with Crippen molar-refractivity contribution in [2.75, 3.05) is 12.4 Å². The van der Waals surface area contributed by atoms with Crippen LogP contribution >= 0.6 is 11.6 Å². The summed E-state index contributed by atoms with van der Waals surface area (Å²) in [6.07, 6.45) is -4.66. The van der Waals surface area contributed by atoms with Crippen LogP contribution in [0.15, 0.2) is 36.4 Å². The van der Waals surface area contributed by atoms with Gasteiger partial charge in [0.25, 0.3) is 11.6 Å². The highest BCUT2D eigenvalue weighted by Gasteiger charge is 2.31. The second-order valence-electron chi connectivity index (χ2n) is 5.16. The van der Waals surface area contributed by atoms with Gasteiger partial charge in [0.15, 0.2) is 0 Å². The van der Waals surface area contributed by atoms with Crippen molar-refractivity contribution in [3.63, 3.8) is 0 Å². The quantitative estimate of drug-likeness (QED) is 0.467. The molecule has 142 valence electrons. The number of nitrogens with zero attached hydrogens (tertiary/aromatic N) is 1. The highest BCUT2D eigenvalue weighted by molar-refractivity contribution is 6.34. The molecule has 0 unspecified atom stereocenters. The number of carbonyl (C=O) groups excluding carboxylic acids is 2. The molecular weight excluding hydrogens is 393 g/mol. The van der Waals surface area contributed by atoms with Gasteiger partial charge in [0.05, 0.1) is 33.9 Å². The van der Waals surface area contributed by atoms with Gasteiger partial charge >= 0.3 is 12.1 Å². The van der Waals surface area contributed by atoms with Gasteiger partial charge < -0.3 is 10.1 Å². The summed E-state index contributed by atoms with van der Waals surface area (Å²) in [6, 6.07) is 5.09. The number of nitro benzene ring substituents is 1. The molecule has 0 fully saturated rings. The molecule has 2 aromatic carbocycles. The Bertz CT molecular complexity index is 931. The summed E-state index contributed by atoms with van der Waals surface area (Å²) >= 11 is 5.80. The molecular formula is C16H10ClF3N2O5. The fourth-order valence-corrected chi connectivity index (χ4v) is 2.24. The number of halogens is 4. The summed E-state index contributed by atoms with van der Waals surface area (Å²) < 4.78 is 42.9. The number of hydrogen-bond donors (Lipinski definition) is 1. The molecule has 0 saturated heterocycles. The Kier molecular flexibility index (Phi) is 5.69. The molecule has 0 aromatic heterocycles. The lowest BCUT2D eigenvalue weighted by molar-refractivity contribution is -0.384. The van der Waals surface area contributed by atoms with Crippen molar-refractivity contribution >= 4 is 34.9 Å². The second-order valence-corrected chi connectivity index (χ2v) is 5.57. The van der Waals surface area contributed by atoms with Gasteiger partial charge in [-0.15, -0.1) is 0 Å². The van der Waals surface area contributed by atoms with Crippen molar-refractivity contribution in [2.24, 2.45) is 0 Å². The van der Waals surface area contributed by atoms with Crippen molar-refractivity contribution in [3.8, 4) is 0 Å². The topological polar surface area (TPSA) is 98.5 Å². The molecule has 1 N–H and O–H groups in total. The maximum absolute atomic E-state index is 12.8. The average molecular weight is 403 g/mol. The fourth-order valence-electron chi connectivity index (χ4n) is 2.08. The number of alkyl halides is 3. The maximum atomic E-state index is 12.8. The number of benzene rings is 2. The summed E-state index contributed by atoms with van der Waals surface area (Å²) in [4.78, 5) is 34.1. The number of non-ortho nitro benzene ring substituents is 1. The van der Waals surface area contributed by atoms with Crippen LogP contribution in [0.5, 0.6) is 0 Å². The third kappa shape index (κ3) is 4.73. The van der Waals surface area contributed by atoms with E-state index in [9.17, 15) is 32.9 Å². The zero-order chi connectivity index (χ0) is 20.4. The zero-order valence-corrected chi connectivity index (χ0v) is 14.2. The highest BCUT2D eigenvalue weighted by Crippen LogP contribution is 2.34. The molecule has 2 rings (SSSR count). The van der Waals surface area contributed by atoms with Crippen molar-refractivity contribution in [2.45, 2.75) is 6.18 Å². The smallest absolute Gasteiger partial charge is 0.416 e. The third-order valence-corrected chi connectivity index (χ3v) is 3.68. The van der Waals surface area contributed by atoms with Crippen LogP contribution in [0.1, 0.15) is 26.3 Å². The van der Waals surface area contributed by atoms with Crippen LogP contribution in [0, 0.1) is 10.1 Å². The predicted molar refractivity (Wildman–Crippen MR) is 88.8 cm³/mol. The first-order valence-electron chi connectivity index (χ1n) is 7.09. The lowest BCUT2D eigenvalue weighted by Gasteiger charge is -2.12. The summed E-state index contributed by atoms with van der Waals surface area (Å²) in [7, 11) is 1.04. The molecule has 0 saturated carbocycles. The summed E-state index contributed by atoms with van der Waals surface area (Å²) in [6.45, 7) is 0. The minimum absolute atomic E-state index is 0.171. The summed E-state index contributed by atoms with van der Waals surface area (Å²) in [5.41, 5.74) is -2.57. The van der Waals surface area contributed by atoms with E-state index in [2.05, 4.69) is 10.1 Å². The maximum Gasteiger partial charge on any atom is 0.416 e. The van der Waals surface area contributed by atoms with E-state index in [0.717, 1.165) is 37.4 Å². The number of rotatable bonds is 4. The molecule has 0 heterocycles. The SMILES string of the molecule is COC(=O)c1cc(C(=O)Nc2cc(C(F)(F)F)ccc2Cl)cc([N+](=O)[O-])c1. The molecule has 0 atom stereocenters. The minimum Gasteiger partial charge on any atom is -0.465 e. The van der Waals surface area contributed by atoms with E-state index in [1.807, 2.05) is 0 Å². The number of ether oxygens (including phenoxy) is 1. The molecule has 1 amide bonds. The average Bonchev–Trinajstić information content (AvgIpc) is 2.61. The van der Waals surface area contributed by atoms with Crippen LogP contribution in [0.3, 0.4) is 0 Å². The van der Waals surface area contributed by atoms with Gasteiger partial charge in [-0.3, -0.25) is 14.9 Å². The van der Waals surface area contributed by atoms with Gasteiger partial charge in [0.1, 0.15) is 0 Å². The lowest BCUT2D eigenvalue weighted by Crippen LogP contribution is -2.15. The Morgan fingerprint density at radius 3 is 2.33 bits per heavy atom. The minimum atomic E-state index is -4.66. The summed E-state index contributed by atoms with van der Waals surface area (Å²) in [5, 5.41) is 13.0. The van der Waals surface area contributed by atoms with E-state index >= 15 is 0 Å². The molecule has 0 aliphatic rings. The van der Waals surface area contributed by atoms with Gasteiger partial charge in [-0.25, -0.2) is 4.79 Å². The van der Waals surface area contributed by atoms with Crippen LogP contribution in [0.2, 0.25) is 5.02 Å². The normalized spacial score (nSPS) is 11.0. The van der Waals surface area contributed by atoms with Crippen molar-refractivity contribution in [1.29, 1.82) is 0 Å². The highest BCUT2D eigenvalue weighted by atomic mass is 35.5. The first kappa shape index (κ1) is 20.2. The molecule has 2 aromatic rings. The first-order chi connectivity index (χ1) is 12.5. The van der Waals surface area contributed by atoms with E-state index in [1.54, 1.807) is 0 Å². The van der Waals surface area contributed by atoms with Gasteiger partial charge in [-0.05, 0) is 24.3 Å². The second kappa shape index (κ2) is 7.62. The zero-order valence-electron chi connectivity index (χ0n) is 13.5. The molecule has 0 aliphatic heterocycles. The van der Waals surface area contributed by atoms with Gasteiger partial charge in [0.2, 0.25) is 0 Å². The molecule has 0 aliphatic carbocycles. The van der Waals surface area contributed by atoms with E-state index in [1.165, 1.54) is 0 Å². The number of anilines is 1. The fraction of sp³-hybridized carbons (Fsp3) is 0.125. The monoisotopic (exact) mass is 402 g/mol. The number of carbonyl (C=O) groups is 2. The van der Waals surface area contributed by atoms with E-state index in [-0.39, 0.29) is 21.8 Å². The Morgan fingerprint density at radius 1 is 1.15 bits per heavy atom. The number of nitro groups is 1. The number of methoxy groups -OCH3 is 1. The molecule has 0 radical (unpaired) electrons. The number of amides is 1. The first-order valence-corrected chi connectivity index (χ1v) is 7.46. The number of nitrogens with one attached hydrogen (secondary N) is 1. The Hall–Kier alpha value is -3.14. The number of esters is 1. The van der Waals surface area contributed by atoms with Crippen LogP contribution in [0.4, 0.5) is 24.5 Å². The van der Waals surface area contributed by atoms with Gasteiger partial charge in [-0.1, -0.05) is 11.6 Å². The third-order valence-electron chi connectivity index (χ3n) is 3.35. The molecule has 7 nitrogen and oxygen atoms in total. The van der Waals surface area contributed by atoms with E-state index in [0.29, 0.717) is 6.07 Å². The summed E-state index contributed by atoms with van der Waals surface area (Å²) in [5.74, 6) is -1.92. The van der Waals surface area contributed by atoms with Crippen LogP contribution in [0.25, 0.3) is 0 Å². The largest absolute Gasteiger partial charge is 0.465 e. The number of hydrogen-bond acceptors (Lipinski definition) is 5. The van der Waals surface area contributed by atoms with Crippen molar-refractivity contribution in [3.05, 3.63) is 68.2 Å². The van der Waals surface area contributed by atoms with Gasteiger partial charge in [-0.2, -0.15) is 13.2 Å². The van der Waals surface area contributed by atoms with Crippen LogP contribution < -0.4 is 5.32 Å².